The van der Waals surface area contributed by atoms with Gasteiger partial charge in [0.05, 0.1) is 0 Å². The highest BCUT2D eigenvalue weighted by Crippen LogP contribution is 2.61. The third-order valence-electron chi connectivity index (χ3n) is 4.85. The first-order valence-corrected chi connectivity index (χ1v) is 6.27. The first-order valence-electron chi connectivity index (χ1n) is 6.27. The van der Waals surface area contributed by atoms with Crippen LogP contribution in [0, 0.1) is 17.8 Å². The predicted octanol–water partition coefficient (Wildman–Crippen LogP) is 2.50. The van der Waals surface area contributed by atoms with Crippen LogP contribution < -0.4 is 5.32 Å². The quantitative estimate of drug-likeness (QED) is 0.739. The molecule has 0 heterocycles. The van der Waals surface area contributed by atoms with Gasteiger partial charge in [-0.25, -0.2) is 8.78 Å². The number of hydrogen-bond acceptors (Lipinski definition) is 1. The molecule has 4 rings (SSSR count). The molecule has 0 aromatic carbocycles. The zero-order chi connectivity index (χ0) is 12.3. The van der Waals surface area contributed by atoms with E-state index in [9.17, 15) is 13.6 Å². The topological polar surface area (TPSA) is 29.1 Å². The molecule has 4 aliphatic rings. The van der Waals surface area contributed by atoms with E-state index in [0.717, 1.165) is 6.42 Å². The molecule has 0 aromatic heterocycles. The Morgan fingerprint density at radius 3 is 2.35 bits per heavy atom. The molecule has 0 saturated heterocycles. The monoisotopic (exact) mass is 241 g/mol. The third-order valence-corrected chi connectivity index (χ3v) is 4.85. The van der Waals surface area contributed by atoms with Gasteiger partial charge in [0.25, 0.3) is 5.92 Å². The Labute approximate surface area is 99.5 Å². The zero-order valence-electron chi connectivity index (χ0n) is 9.72. The van der Waals surface area contributed by atoms with Gasteiger partial charge < -0.3 is 5.32 Å². The molecule has 2 nitrogen and oxygen atoms in total. The number of amides is 1. The maximum atomic E-state index is 14.0. The van der Waals surface area contributed by atoms with Crippen LogP contribution in [0.5, 0.6) is 0 Å². The standard InChI is InChI=1S/C13H17F2NO/c1-2-11(17)16-12-5-8-3-9(6-12)13(14,15)10(4-8)7-12/h2,8-10H,1,3-7H2,(H,16,17). The van der Waals surface area contributed by atoms with Gasteiger partial charge in [0.15, 0.2) is 0 Å². The molecule has 4 aliphatic carbocycles. The molecule has 94 valence electrons. The lowest BCUT2D eigenvalue weighted by Gasteiger charge is -2.59. The largest absolute Gasteiger partial charge is 0.347 e. The highest BCUT2D eigenvalue weighted by Gasteiger charge is 2.64. The van der Waals surface area contributed by atoms with Crippen molar-refractivity contribution in [2.75, 3.05) is 0 Å². The minimum Gasteiger partial charge on any atom is -0.347 e. The van der Waals surface area contributed by atoms with Gasteiger partial charge in [-0.3, -0.25) is 4.79 Å². The third kappa shape index (κ3) is 1.53. The van der Waals surface area contributed by atoms with Crippen LogP contribution in [0.4, 0.5) is 8.78 Å². The smallest absolute Gasteiger partial charge is 0.253 e. The van der Waals surface area contributed by atoms with E-state index in [0.29, 0.717) is 31.6 Å². The molecule has 4 fully saturated rings. The summed E-state index contributed by atoms with van der Waals surface area (Å²) in [5.74, 6) is -3.43. The normalized spacial score (nSPS) is 45.6. The van der Waals surface area contributed by atoms with Crippen molar-refractivity contribution in [1.82, 2.24) is 5.32 Å². The second kappa shape index (κ2) is 3.30. The number of rotatable bonds is 2. The molecule has 0 aliphatic heterocycles. The van der Waals surface area contributed by atoms with E-state index in [1.54, 1.807) is 0 Å². The van der Waals surface area contributed by atoms with E-state index >= 15 is 0 Å². The van der Waals surface area contributed by atoms with E-state index in [-0.39, 0.29) is 11.4 Å². The molecular formula is C13H17F2NO. The van der Waals surface area contributed by atoms with Crippen molar-refractivity contribution < 1.29 is 13.6 Å². The van der Waals surface area contributed by atoms with E-state index in [1.165, 1.54) is 6.08 Å². The van der Waals surface area contributed by atoms with E-state index < -0.39 is 17.8 Å². The Bertz CT molecular complexity index is 362. The number of carbonyl (C=O) groups excluding carboxylic acids is 1. The zero-order valence-corrected chi connectivity index (χ0v) is 9.72. The number of alkyl halides is 2. The van der Waals surface area contributed by atoms with Crippen molar-refractivity contribution in [2.45, 2.75) is 43.6 Å². The van der Waals surface area contributed by atoms with Crippen LogP contribution in [-0.2, 0) is 4.79 Å². The van der Waals surface area contributed by atoms with Gasteiger partial charge in [-0.2, -0.15) is 0 Å². The summed E-state index contributed by atoms with van der Waals surface area (Å²) in [4.78, 5) is 11.4. The van der Waals surface area contributed by atoms with Crippen molar-refractivity contribution in [2.24, 2.45) is 17.8 Å². The fourth-order valence-electron chi connectivity index (χ4n) is 4.37. The van der Waals surface area contributed by atoms with Crippen LogP contribution in [0.1, 0.15) is 32.1 Å². The fourth-order valence-corrected chi connectivity index (χ4v) is 4.37. The van der Waals surface area contributed by atoms with Crippen LogP contribution in [0.3, 0.4) is 0 Å². The highest BCUT2D eigenvalue weighted by molar-refractivity contribution is 5.87. The molecule has 1 amide bonds. The first kappa shape index (κ1) is 11.2. The molecule has 0 aromatic rings. The lowest BCUT2D eigenvalue weighted by Crippen LogP contribution is -2.65. The van der Waals surface area contributed by atoms with Crippen LogP contribution in [0.25, 0.3) is 0 Å². The average Bonchev–Trinajstić information content (AvgIpc) is 2.25. The maximum Gasteiger partial charge on any atom is 0.253 e. The molecule has 17 heavy (non-hydrogen) atoms. The lowest BCUT2D eigenvalue weighted by molar-refractivity contribution is -0.211. The second-order valence-electron chi connectivity index (χ2n) is 5.99. The van der Waals surface area contributed by atoms with Crippen LogP contribution in [-0.4, -0.2) is 17.4 Å². The maximum absolute atomic E-state index is 14.0. The number of carbonyl (C=O) groups is 1. The van der Waals surface area contributed by atoms with Crippen molar-refractivity contribution in [3.63, 3.8) is 0 Å². The molecular weight excluding hydrogens is 224 g/mol. The van der Waals surface area contributed by atoms with Crippen LogP contribution in [0.2, 0.25) is 0 Å². The minimum absolute atomic E-state index is 0.227. The van der Waals surface area contributed by atoms with Gasteiger partial charge in [0.2, 0.25) is 5.91 Å². The first-order chi connectivity index (χ1) is 7.95. The molecule has 2 atom stereocenters. The summed E-state index contributed by atoms with van der Waals surface area (Å²) >= 11 is 0. The van der Waals surface area contributed by atoms with Gasteiger partial charge in [-0.15, -0.1) is 0 Å². The molecule has 1 N–H and O–H groups in total. The van der Waals surface area contributed by atoms with Gasteiger partial charge in [0.1, 0.15) is 0 Å². The fraction of sp³-hybridized carbons (Fsp3) is 0.769. The second-order valence-corrected chi connectivity index (χ2v) is 5.99. The molecule has 4 saturated carbocycles. The van der Waals surface area contributed by atoms with E-state index in [4.69, 9.17) is 0 Å². The summed E-state index contributed by atoms with van der Waals surface area (Å²) in [6.45, 7) is 3.43. The molecule has 4 bridgehead atoms. The van der Waals surface area contributed by atoms with Crippen molar-refractivity contribution >= 4 is 5.91 Å². The Morgan fingerprint density at radius 1 is 1.24 bits per heavy atom. The summed E-state index contributed by atoms with van der Waals surface area (Å²) < 4.78 is 27.9. The summed E-state index contributed by atoms with van der Waals surface area (Å²) in [5.41, 5.74) is -0.372. The SMILES string of the molecule is C=CC(=O)NC12CC3CC(C1)C(F)(F)C(C3)C2. The number of hydrogen-bond donors (Lipinski definition) is 1. The van der Waals surface area contributed by atoms with Crippen LogP contribution in [0.15, 0.2) is 12.7 Å². The number of halogens is 2. The minimum atomic E-state index is -2.51. The Hall–Kier alpha value is -0.930. The molecule has 2 unspecified atom stereocenters. The van der Waals surface area contributed by atoms with E-state index in [2.05, 4.69) is 11.9 Å². The Balaban J connectivity index is 1.86. The molecule has 0 spiro atoms. The predicted molar refractivity (Wildman–Crippen MR) is 59.6 cm³/mol. The number of nitrogens with one attached hydrogen (secondary N) is 1. The highest BCUT2D eigenvalue weighted by atomic mass is 19.3. The summed E-state index contributed by atoms with van der Waals surface area (Å²) in [6.07, 6.45) is 4.25. The van der Waals surface area contributed by atoms with Gasteiger partial charge in [-0.05, 0) is 44.1 Å². The summed E-state index contributed by atoms with van der Waals surface area (Å²) in [7, 11) is 0. The van der Waals surface area contributed by atoms with Gasteiger partial charge in [0, 0.05) is 17.4 Å². The Kier molecular flexibility index (Phi) is 2.17. The van der Waals surface area contributed by atoms with Crippen LogP contribution >= 0.6 is 0 Å². The summed E-state index contributed by atoms with van der Waals surface area (Å²) in [5, 5.41) is 2.92. The van der Waals surface area contributed by atoms with Crippen molar-refractivity contribution in [3.8, 4) is 0 Å². The van der Waals surface area contributed by atoms with Crippen molar-refractivity contribution in [1.29, 1.82) is 0 Å². The summed E-state index contributed by atoms with van der Waals surface area (Å²) in [6, 6.07) is 0. The van der Waals surface area contributed by atoms with Crippen molar-refractivity contribution in [3.05, 3.63) is 12.7 Å². The van der Waals surface area contributed by atoms with Gasteiger partial charge >= 0.3 is 0 Å². The molecule has 4 heteroatoms. The van der Waals surface area contributed by atoms with E-state index in [1.807, 2.05) is 0 Å². The lowest BCUT2D eigenvalue weighted by atomic mass is 9.51. The molecule has 0 radical (unpaired) electrons. The van der Waals surface area contributed by atoms with Gasteiger partial charge in [-0.1, -0.05) is 6.58 Å². The Morgan fingerprint density at radius 2 is 1.82 bits per heavy atom. The average molecular weight is 241 g/mol.